The summed E-state index contributed by atoms with van der Waals surface area (Å²) < 4.78 is 0. The molecule has 0 saturated heterocycles. The van der Waals surface area contributed by atoms with E-state index < -0.39 is 12.0 Å². The molecule has 0 radical (unpaired) electrons. The van der Waals surface area contributed by atoms with Crippen molar-refractivity contribution in [2.75, 3.05) is 0 Å². The summed E-state index contributed by atoms with van der Waals surface area (Å²) in [6.45, 7) is 0. The van der Waals surface area contributed by atoms with Gasteiger partial charge in [-0.05, 0) is 5.56 Å². The van der Waals surface area contributed by atoms with E-state index in [-0.39, 0.29) is 5.57 Å². The van der Waals surface area contributed by atoms with Crippen LogP contribution in [0.5, 0.6) is 0 Å². The molecule has 0 bridgehead atoms. The van der Waals surface area contributed by atoms with Crippen molar-refractivity contribution in [1.82, 2.24) is 0 Å². The van der Waals surface area contributed by atoms with Crippen LogP contribution in [-0.4, -0.2) is 11.0 Å². The predicted octanol–water partition coefficient (Wildman–Crippen LogP) is 1.60. The number of rotatable bonds is 2. The third-order valence-electron chi connectivity index (χ3n) is 2.00. The van der Waals surface area contributed by atoms with Crippen LogP contribution in [0.1, 0.15) is 11.7 Å². The van der Waals surface area contributed by atoms with Crippen LogP contribution in [0.3, 0.4) is 0 Å². The number of benzene rings is 1. The zero-order valence-corrected chi connectivity index (χ0v) is 7.29. The highest BCUT2D eigenvalue weighted by Crippen LogP contribution is 2.24. The third-order valence-corrected chi connectivity index (χ3v) is 2.00. The Morgan fingerprint density at radius 1 is 1.21 bits per heavy atom. The van der Waals surface area contributed by atoms with Gasteiger partial charge in [0.25, 0.3) is 5.91 Å². The minimum atomic E-state index is -0.932. The van der Waals surface area contributed by atoms with Crippen molar-refractivity contribution >= 4 is 5.91 Å². The van der Waals surface area contributed by atoms with Crippen LogP contribution in [0.2, 0.25) is 0 Å². The lowest BCUT2D eigenvalue weighted by molar-refractivity contribution is -0.115. The summed E-state index contributed by atoms with van der Waals surface area (Å²) in [6.07, 6.45) is 0.360. The zero-order chi connectivity index (χ0) is 9.97. The van der Waals surface area contributed by atoms with Gasteiger partial charge in [-0.1, -0.05) is 30.3 Å². The average Bonchev–Trinajstić information content (AvgIpc) is 2.65. The smallest absolute Gasteiger partial charge is 0.295 e. The summed E-state index contributed by atoms with van der Waals surface area (Å²) in [5.41, 5.74) is 0.885. The second-order valence-corrected chi connectivity index (χ2v) is 2.92. The third kappa shape index (κ3) is 1.47. The van der Waals surface area contributed by atoms with Gasteiger partial charge in [0.2, 0.25) is 0 Å². The van der Waals surface area contributed by atoms with Crippen LogP contribution in [0.4, 0.5) is 0 Å². The van der Waals surface area contributed by atoms with Crippen molar-refractivity contribution in [3.8, 4) is 0 Å². The number of nitrogens with zero attached hydrogens (tertiary/aromatic N) is 2. The standard InChI is InChI=1S/C10H8N2O2/c13-9(7-4-2-1-3-5-7)8-6-11-12-10(8)14/h1-6,9,13H. The number of aliphatic hydroxyl groups excluding tert-OH is 1. The molecule has 1 aromatic carbocycles. The molecule has 1 atom stereocenters. The number of amides is 1. The average molecular weight is 188 g/mol. The minimum Gasteiger partial charge on any atom is -0.383 e. The first-order chi connectivity index (χ1) is 6.79. The molecule has 0 aromatic heterocycles. The fourth-order valence-corrected chi connectivity index (χ4v) is 1.26. The highest BCUT2D eigenvalue weighted by molar-refractivity contribution is 5.96. The van der Waals surface area contributed by atoms with Crippen LogP contribution in [-0.2, 0) is 4.79 Å². The number of hydrogen-bond acceptors (Lipinski definition) is 3. The Bertz CT molecular complexity index is 409. The Labute approximate surface area is 80.6 Å². The molecule has 1 amide bonds. The Morgan fingerprint density at radius 3 is 2.50 bits per heavy atom. The summed E-state index contributed by atoms with van der Waals surface area (Å²) in [5.74, 6) is -0.471. The molecule has 4 nitrogen and oxygen atoms in total. The lowest BCUT2D eigenvalue weighted by atomic mass is 10.0. The van der Waals surface area contributed by atoms with Gasteiger partial charge in [-0.2, -0.15) is 5.11 Å². The molecule has 14 heavy (non-hydrogen) atoms. The highest BCUT2D eigenvalue weighted by Gasteiger charge is 2.22. The van der Waals surface area contributed by atoms with Gasteiger partial charge in [0, 0.05) is 0 Å². The van der Waals surface area contributed by atoms with E-state index in [0.29, 0.717) is 5.56 Å². The van der Waals surface area contributed by atoms with E-state index in [4.69, 9.17) is 0 Å². The van der Waals surface area contributed by atoms with E-state index in [9.17, 15) is 9.90 Å². The van der Waals surface area contributed by atoms with Crippen LogP contribution < -0.4 is 0 Å². The molecule has 1 aliphatic rings. The van der Waals surface area contributed by atoms with Crippen molar-refractivity contribution in [3.63, 3.8) is 0 Å². The highest BCUT2D eigenvalue weighted by atomic mass is 16.3. The molecule has 2 rings (SSSR count). The molecule has 70 valence electrons. The van der Waals surface area contributed by atoms with Gasteiger partial charge < -0.3 is 5.11 Å². The van der Waals surface area contributed by atoms with E-state index in [1.54, 1.807) is 24.3 Å². The Kier molecular flexibility index (Phi) is 2.20. The molecule has 0 fully saturated rings. The molecule has 1 unspecified atom stereocenters. The monoisotopic (exact) mass is 188 g/mol. The van der Waals surface area contributed by atoms with Gasteiger partial charge in [0.05, 0.1) is 11.8 Å². The first-order valence-electron chi connectivity index (χ1n) is 4.17. The maximum Gasteiger partial charge on any atom is 0.295 e. The summed E-state index contributed by atoms with van der Waals surface area (Å²) in [7, 11) is 0. The normalized spacial score (nSPS) is 16.9. The van der Waals surface area contributed by atoms with Gasteiger partial charge in [-0.25, -0.2) is 0 Å². The van der Waals surface area contributed by atoms with E-state index in [1.807, 2.05) is 6.07 Å². The summed E-state index contributed by atoms with van der Waals surface area (Å²) in [4.78, 5) is 11.1. The zero-order valence-electron chi connectivity index (χ0n) is 7.29. The number of hydrogen-bond donors (Lipinski definition) is 1. The molecule has 1 aromatic rings. The van der Waals surface area contributed by atoms with Gasteiger partial charge in [-0.15, -0.1) is 5.11 Å². The van der Waals surface area contributed by atoms with E-state index in [1.165, 1.54) is 6.20 Å². The Hall–Kier alpha value is -1.81. The lowest BCUT2D eigenvalue weighted by Crippen LogP contribution is -2.06. The van der Waals surface area contributed by atoms with E-state index >= 15 is 0 Å². The van der Waals surface area contributed by atoms with Crippen LogP contribution >= 0.6 is 0 Å². The number of carbonyl (C=O) groups excluding carboxylic acids is 1. The fourth-order valence-electron chi connectivity index (χ4n) is 1.26. The molecular formula is C10H8N2O2. The molecule has 4 heteroatoms. The predicted molar refractivity (Wildman–Crippen MR) is 49.3 cm³/mol. The molecule has 1 N–H and O–H groups in total. The summed E-state index contributed by atoms with van der Waals surface area (Å²) in [5, 5.41) is 16.5. The topological polar surface area (TPSA) is 62.0 Å². The Morgan fingerprint density at radius 2 is 1.93 bits per heavy atom. The van der Waals surface area contributed by atoms with E-state index in [0.717, 1.165) is 0 Å². The van der Waals surface area contributed by atoms with Crippen LogP contribution in [0, 0.1) is 0 Å². The SMILES string of the molecule is O=C1N=NC=C1C(O)c1ccccc1. The molecule has 0 saturated carbocycles. The Balaban J connectivity index is 2.26. The second-order valence-electron chi connectivity index (χ2n) is 2.92. The number of aliphatic hydroxyl groups is 1. The quantitative estimate of drug-likeness (QED) is 0.766. The first kappa shape index (κ1) is 8.77. The maximum absolute atomic E-state index is 11.1. The van der Waals surface area contributed by atoms with Gasteiger partial charge in [-0.3, -0.25) is 4.79 Å². The van der Waals surface area contributed by atoms with Crippen molar-refractivity contribution in [2.24, 2.45) is 10.2 Å². The van der Waals surface area contributed by atoms with Gasteiger partial charge >= 0.3 is 0 Å². The van der Waals surface area contributed by atoms with Crippen molar-refractivity contribution in [3.05, 3.63) is 47.7 Å². The van der Waals surface area contributed by atoms with Crippen LogP contribution in [0.15, 0.2) is 52.3 Å². The van der Waals surface area contributed by atoms with Gasteiger partial charge in [0.15, 0.2) is 0 Å². The molecular weight excluding hydrogens is 180 g/mol. The molecule has 1 heterocycles. The fraction of sp³-hybridized carbons (Fsp3) is 0.100. The number of azo groups is 1. The first-order valence-corrected chi connectivity index (χ1v) is 4.17. The van der Waals surface area contributed by atoms with Crippen molar-refractivity contribution in [1.29, 1.82) is 0 Å². The lowest BCUT2D eigenvalue weighted by Gasteiger charge is -2.08. The van der Waals surface area contributed by atoms with Crippen molar-refractivity contribution < 1.29 is 9.90 Å². The van der Waals surface area contributed by atoms with Crippen molar-refractivity contribution in [2.45, 2.75) is 6.10 Å². The van der Waals surface area contributed by atoms with Crippen LogP contribution in [0.25, 0.3) is 0 Å². The largest absolute Gasteiger partial charge is 0.383 e. The minimum absolute atomic E-state index is 0.219. The second kappa shape index (κ2) is 3.51. The van der Waals surface area contributed by atoms with E-state index in [2.05, 4.69) is 10.2 Å². The molecule has 0 spiro atoms. The summed E-state index contributed by atoms with van der Waals surface area (Å²) in [6, 6.07) is 8.93. The molecule has 1 aliphatic heterocycles. The van der Waals surface area contributed by atoms with Gasteiger partial charge in [0.1, 0.15) is 6.10 Å². The maximum atomic E-state index is 11.1. The summed E-state index contributed by atoms with van der Waals surface area (Å²) >= 11 is 0. The molecule has 0 aliphatic carbocycles. The number of carbonyl (C=O) groups is 1.